The SMILES string of the molecule is Clc1ccc(-c2p[pH]c(-c3ccc(Cl)cc3)c2-c2ccc(Cl)cc2)cc1. The van der Waals surface area contributed by atoms with Gasteiger partial charge in [0.2, 0.25) is 0 Å². The van der Waals surface area contributed by atoms with Crippen molar-refractivity contribution < 1.29 is 0 Å². The number of rotatable bonds is 3. The zero-order valence-electron chi connectivity index (χ0n) is 13.5. The standard InChI is InChI=1S/C21H13Cl3P2/c22-16-7-1-13(2-8-16)19-20(14-3-9-17(23)10-4-14)25-26-21(19)15-5-11-18(24)12-6-15/h1-12,25H. The predicted molar refractivity (Wildman–Crippen MR) is 120 cm³/mol. The second kappa shape index (κ2) is 7.77. The van der Waals surface area contributed by atoms with Crippen molar-refractivity contribution in [3.8, 4) is 32.8 Å². The summed E-state index contributed by atoms with van der Waals surface area (Å²) in [5, 5.41) is 4.93. The van der Waals surface area contributed by atoms with E-state index in [0.29, 0.717) is 7.87 Å². The highest BCUT2D eigenvalue weighted by Crippen LogP contribution is 2.53. The Morgan fingerprint density at radius 2 is 0.962 bits per heavy atom. The maximum Gasteiger partial charge on any atom is 0.0406 e. The molecule has 128 valence electrons. The molecular weight excluding hydrogens is 421 g/mol. The van der Waals surface area contributed by atoms with E-state index in [-0.39, 0.29) is 0 Å². The Morgan fingerprint density at radius 3 is 1.46 bits per heavy atom. The molecule has 0 aliphatic carbocycles. The molecular formula is C21H13Cl3P2. The Morgan fingerprint density at radius 1 is 0.538 bits per heavy atom. The van der Waals surface area contributed by atoms with Gasteiger partial charge in [-0.3, -0.25) is 0 Å². The smallest absolute Gasteiger partial charge is 0.0406 e. The van der Waals surface area contributed by atoms with Gasteiger partial charge in [-0.25, -0.2) is 0 Å². The lowest BCUT2D eigenvalue weighted by molar-refractivity contribution is 1.63. The molecule has 0 fully saturated rings. The highest BCUT2D eigenvalue weighted by Gasteiger charge is 2.16. The maximum absolute atomic E-state index is 6.11. The summed E-state index contributed by atoms with van der Waals surface area (Å²) in [5.74, 6) is 0. The molecule has 0 saturated carbocycles. The second-order valence-corrected chi connectivity index (χ2v) is 9.89. The Balaban J connectivity index is 1.93. The molecule has 0 radical (unpaired) electrons. The zero-order valence-corrected chi connectivity index (χ0v) is 17.7. The van der Waals surface area contributed by atoms with Crippen LogP contribution >= 0.6 is 50.5 Å². The van der Waals surface area contributed by atoms with Crippen molar-refractivity contribution in [1.29, 1.82) is 0 Å². The van der Waals surface area contributed by atoms with Crippen molar-refractivity contribution in [3.63, 3.8) is 0 Å². The average Bonchev–Trinajstić information content (AvgIpc) is 3.08. The molecule has 1 atom stereocenters. The van der Waals surface area contributed by atoms with Crippen molar-refractivity contribution in [2.75, 3.05) is 0 Å². The van der Waals surface area contributed by atoms with Gasteiger partial charge in [0.15, 0.2) is 0 Å². The summed E-state index contributed by atoms with van der Waals surface area (Å²) in [4.78, 5) is 0. The van der Waals surface area contributed by atoms with E-state index in [4.69, 9.17) is 34.8 Å². The number of halogens is 3. The van der Waals surface area contributed by atoms with Gasteiger partial charge in [0, 0.05) is 31.2 Å². The van der Waals surface area contributed by atoms with Crippen LogP contribution in [0.1, 0.15) is 0 Å². The van der Waals surface area contributed by atoms with Gasteiger partial charge >= 0.3 is 0 Å². The molecule has 4 rings (SSSR count). The molecule has 0 N–H and O–H groups in total. The molecule has 0 amide bonds. The van der Waals surface area contributed by atoms with Crippen molar-refractivity contribution in [2.45, 2.75) is 0 Å². The van der Waals surface area contributed by atoms with E-state index in [1.54, 1.807) is 0 Å². The molecule has 5 heteroatoms. The van der Waals surface area contributed by atoms with E-state index >= 15 is 0 Å². The molecule has 0 spiro atoms. The largest absolute Gasteiger partial charge is 0.101 e. The highest BCUT2D eigenvalue weighted by molar-refractivity contribution is 7.93. The maximum atomic E-state index is 6.11. The summed E-state index contributed by atoms with van der Waals surface area (Å²) >= 11 is 18.3. The molecule has 0 aliphatic heterocycles. The van der Waals surface area contributed by atoms with Crippen LogP contribution in [0.5, 0.6) is 0 Å². The highest BCUT2D eigenvalue weighted by atomic mass is 35.5. The Labute approximate surface area is 170 Å². The quantitative estimate of drug-likeness (QED) is 0.302. The molecule has 0 saturated heterocycles. The minimum Gasteiger partial charge on any atom is -0.101 e. The first-order valence-corrected chi connectivity index (χ1v) is 11.8. The first-order chi connectivity index (χ1) is 12.6. The molecule has 3 aromatic carbocycles. The normalized spacial score (nSPS) is 11.5. The average molecular weight is 434 g/mol. The minimum absolute atomic E-state index is 0.686. The van der Waals surface area contributed by atoms with E-state index < -0.39 is 0 Å². The molecule has 0 aliphatic rings. The van der Waals surface area contributed by atoms with Crippen LogP contribution in [0.4, 0.5) is 0 Å². The predicted octanol–water partition coefficient (Wildman–Crippen LogP) is 9.26. The van der Waals surface area contributed by atoms with Gasteiger partial charge in [-0.1, -0.05) is 71.2 Å². The van der Waals surface area contributed by atoms with E-state index in [1.165, 1.54) is 40.7 Å². The van der Waals surface area contributed by atoms with Crippen LogP contribution in [-0.2, 0) is 0 Å². The van der Waals surface area contributed by atoms with Gasteiger partial charge in [0.05, 0.1) is 0 Å². The van der Waals surface area contributed by atoms with E-state index in [0.717, 1.165) is 15.1 Å². The molecule has 26 heavy (non-hydrogen) atoms. The van der Waals surface area contributed by atoms with Gasteiger partial charge in [0.25, 0.3) is 0 Å². The molecule has 1 unspecified atom stereocenters. The Hall–Kier alpha value is -1.26. The van der Waals surface area contributed by atoms with Crippen LogP contribution in [-0.4, -0.2) is 0 Å². The van der Waals surface area contributed by atoms with Crippen LogP contribution in [0.25, 0.3) is 32.8 Å². The van der Waals surface area contributed by atoms with Gasteiger partial charge in [0.1, 0.15) is 0 Å². The van der Waals surface area contributed by atoms with Gasteiger partial charge in [-0.15, -0.1) is 7.87 Å². The van der Waals surface area contributed by atoms with Gasteiger partial charge < -0.3 is 0 Å². The first kappa shape index (κ1) is 18.1. The van der Waals surface area contributed by atoms with Crippen LogP contribution in [0, 0.1) is 0 Å². The Bertz CT molecular complexity index is 971. The van der Waals surface area contributed by atoms with Gasteiger partial charge in [-0.05, 0) is 61.0 Å². The third kappa shape index (κ3) is 3.72. The lowest BCUT2D eigenvalue weighted by Gasteiger charge is -2.10. The molecule has 0 nitrogen and oxygen atoms in total. The summed E-state index contributed by atoms with van der Waals surface area (Å²) < 4.78 is 0. The number of benzene rings is 3. The minimum atomic E-state index is 0.686. The van der Waals surface area contributed by atoms with Gasteiger partial charge in [-0.2, -0.15) is 0 Å². The lowest BCUT2D eigenvalue weighted by Crippen LogP contribution is -1.83. The van der Waals surface area contributed by atoms with Crippen LogP contribution in [0.3, 0.4) is 0 Å². The summed E-state index contributed by atoms with van der Waals surface area (Å²) in [6, 6.07) is 24.3. The van der Waals surface area contributed by atoms with E-state index in [9.17, 15) is 0 Å². The van der Waals surface area contributed by atoms with Crippen LogP contribution in [0.2, 0.25) is 15.1 Å². The Kier molecular flexibility index (Phi) is 5.42. The number of hydrogen-bond donors (Lipinski definition) is 0. The van der Waals surface area contributed by atoms with Crippen molar-refractivity contribution >= 4 is 50.5 Å². The molecule has 4 aromatic rings. The first-order valence-electron chi connectivity index (χ1n) is 7.98. The fourth-order valence-electron chi connectivity index (χ4n) is 2.88. The fraction of sp³-hybridized carbons (Fsp3) is 0. The molecule has 0 bridgehead atoms. The third-order valence-electron chi connectivity index (χ3n) is 4.15. The summed E-state index contributed by atoms with van der Waals surface area (Å²) in [5.41, 5.74) is 4.89. The van der Waals surface area contributed by atoms with Crippen molar-refractivity contribution in [1.82, 2.24) is 0 Å². The molecule has 1 heterocycles. The monoisotopic (exact) mass is 432 g/mol. The van der Waals surface area contributed by atoms with Crippen LogP contribution < -0.4 is 0 Å². The number of hydrogen-bond acceptors (Lipinski definition) is 0. The summed E-state index contributed by atoms with van der Waals surface area (Å²) in [6.45, 7) is 0. The lowest BCUT2D eigenvalue weighted by atomic mass is 9.98. The topological polar surface area (TPSA) is 0 Å². The fourth-order valence-corrected chi connectivity index (χ4v) is 7.01. The third-order valence-corrected chi connectivity index (χ3v) is 8.16. The van der Waals surface area contributed by atoms with Crippen molar-refractivity contribution in [3.05, 3.63) is 87.9 Å². The second-order valence-electron chi connectivity index (χ2n) is 5.84. The summed E-state index contributed by atoms with van der Waals surface area (Å²) in [7, 11) is 2.00. The van der Waals surface area contributed by atoms with Crippen molar-refractivity contribution in [2.24, 2.45) is 0 Å². The zero-order chi connectivity index (χ0) is 18.1. The summed E-state index contributed by atoms with van der Waals surface area (Å²) in [6.07, 6.45) is 0. The van der Waals surface area contributed by atoms with Crippen LogP contribution in [0.15, 0.2) is 72.8 Å². The molecule has 1 aromatic heterocycles. The van der Waals surface area contributed by atoms with E-state index in [2.05, 4.69) is 36.4 Å². The van der Waals surface area contributed by atoms with E-state index in [1.807, 2.05) is 36.4 Å².